The highest BCUT2D eigenvalue weighted by Gasteiger charge is 2.26. The predicted octanol–water partition coefficient (Wildman–Crippen LogP) is 4.94. The lowest BCUT2D eigenvalue weighted by atomic mass is 9.97. The maximum absolute atomic E-state index is 13.4. The minimum Gasteiger partial charge on any atom is -0.461 e. The minimum atomic E-state index is -0.120. The lowest BCUT2D eigenvalue weighted by molar-refractivity contribution is 0.0604. The first-order valence-corrected chi connectivity index (χ1v) is 10.2. The van der Waals surface area contributed by atoms with E-state index < -0.39 is 0 Å². The zero-order valence-electron chi connectivity index (χ0n) is 18.3. The van der Waals surface area contributed by atoms with Gasteiger partial charge in [0.1, 0.15) is 6.61 Å². The number of carbonyl (C=O) groups excluding carboxylic acids is 1. The van der Waals surface area contributed by atoms with E-state index in [2.05, 4.69) is 23.8 Å². The van der Waals surface area contributed by atoms with Gasteiger partial charge in [-0.2, -0.15) is 0 Å². The molecule has 1 amide bonds. The fourth-order valence-corrected chi connectivity index (χ4v) is 3.55. The Hall–Kier alpha value is -3.21. The van der Waals surface area contributed by atoms with Gasteiger partial charge in [-0.15, -0.1) is 0 Å². The van der Waals surface area contributed by atoms with Gasteiger partial charge >= 0.3 is 6.01 Å². The quantitative estimate of drug-likeness (QED) is 0.561. The zero-order chi connectivity index (χ0) is 21.7. The molecule has 1 atom stereocenters. The van der Waals surface area contributed by atoms with Gasteiger partial charge in [0.15, 0.2) is 0 Å². The van der Waals surface area contributed by atoms with Crippen molar-refractivity contribution in [2.75, 3.05) is 13.7 Å². The lowest BCUT2D eigenvalue weighted by Gasteiger charge is -2.31. The molecular weight excluding hydrogens is 374 g/mol. The van der Waals surface area contributed by atoms with E-state index in [4.69, 9.17) is 4.74 Å². The topological polar surface area (TPSA) is 55.3 Å². The number of benzene rings is 2. The Labute approximate surface area is 178 Å². The Balaban J connectivity index is 1.82. The second kappa shape index (κ2) is 9.53. The largest absolute Gasteiger partial charge is 0.461 e. The molecule has 5 nitrogen and oxygen atoms in total. The van der Waals surface area contributed by atoms with Crippen molar-refractivity contribution in [3.8, 4) is 17.1 Å². The second-order valence-electron chi connectivity index (χ2n) is 7.88. The van der Waals surface area contributed by atoms with E-state index in [0.717, 1.165) is 22.5 Å². The highest BCUT2D eigenvalue weighted by Crippen LogP contribution is 2.25. The third-order valence-corrected chi connectivity index (χ3v) is 5.17. The van der Waals surface area contributed by atoms with Crippen LogP contribution in [0.5, 0.6) is 6.01 Å². The summed E-state index contributed by atoms with van der Waals surface area (Å²) in [6, 6.07) is 19.8. The van der Waals surface area contributed by atoms with Gasteiger partial charge in [-0.25, -0.2) is 9.97 Å². The third-order valence-electron chi connectivity index (χ3n) is 5.17. The summed E-state index contributed by atoms with van der Waals surface area (Å²) in [5.74, 6) is 0.173. The number of hydrogen-bond donors (Lipinski definition) is 0. The van der Waals surface area contributed by atoms with Crippen molar-refractivity contribution < 1.29 is 9.53 Å². The van der Waals surface area contributed by atoms with E-state index >= 15 is 0 Å². The van der Waals surface area contributed by atoms with Crippen molar-refractivity contribution in [1.29, 1.82) is 0 Å². The minimum absolute atomic E-state index is 0.0295. The highest BCUT2D eigenvalue weighted by molar-refractivity contribution is 6.00. The average molecular weight is 404 g/mol. The van der Waals surface area contributed by atoms with E-state index in [0.29, 0.717) is 18.2 Å². The van der Waals surface area contributed by atoms with Gasteiger partial charge in [0.05, 0.1) is 6.04 Å². The summed E-state index contributed by atoms with van der Waals surface area (Å²) in [5, 5.41) is 0. The summed E-state index contributed by atoms with van der Waals surface area (Å²) in [5.41, 5.74) is 4.35. The number of hydrogen-bond acceptors (Lipinski definition) is 4. The molecule has 30 heavy (non-hydrogen) atoms. The van der Waals surface area contributed by atoms with E-state index in [1.165, 1.54) is 0 Å². The van der Waals surface area contributed by atoms with Crippen LogP contribution in [0.1, 0.15) is 35.6 Å². The van der Waals surface area contributed by atoms with Crippen LogP contribution >= 0.6 is 0 Å². The predicted molar refractivity (Wildman–Crippen MR) is 120 cm³/mol. The molecule has 1 heterocycles. The van der Waals surface area contributed by atoms with Gasteiger partial charge in [0.25, 0.3) is 5.91 Å². The molecule has 0 bridgehead atoms. The number of likely N-dealkylation sites (N-methyl/N-ethyl adjacent to an activating group) is 1. The van der Waals surface area contributed by atoms with E-state index in [1.807, 2.05) is 81.6 Å². The first-order valence-electron chi connectivity index (χ1n) is 10.2. The summed E-state index contributed by atoms with van der Waals surface area (Å²) >= 11 is 0. The molecule has 5 heteroatoms. The molecular formula is C25H29N3O2. The Kier molecular flexibility index (Phi) is 6.83. The summed E-state index contributed by atoms with van der Waals surface area (Å²) in [6.07, 6.45) is 0. The molecule has 0 saturated heterocycles. The summed E-state index contributed by atoms with van der Waals surface area (Å²) < 4.78 is 5.90. The number of aromatic nitrogens is 2. The van der Waals surface area contributed by atoms with Crippen LogP contribution in [0.4, 0.5) is 0 Å². The first-order chi connectivity index (χ1) is 14.4. The number of ether oxygens (including phenoxy) is 1. The van der Waals surface area contributed by atoms with Crippen molar-refractivity contribution in [3.05, 3.63) is 77.6 Å². The van der Waals surface area contributed by atoms with Crippen LogP contribution in [-0.4, -0.2) is 40.5 Å². The zero-order valence-corrected chi connectivity index (χ0v) is 18.3. The summed E-state index contributed by atoms with van der Waals surface area (Å²) in [6.45, 7) is 8.33. The van der Waals surface area contributed by atoms with Gasteiger partial charge in [0.2, 0.25) is 0 Å². The van der Waals surface area contributed by atoms with Crippen molar-refractivity contribution in [2.45, 2.75) is 33.7 Å². The third kappa shape index (κ3) is 5.03. The second-order valence-corrected chi connectivity index (χ2v) is 7.88. The average Bonchev–Trinajstić information content (AvgIpc) is 2.73. The molecule has 3 rings (SSSR count). The van der Waals surface area contributed by atoms with Crippen LogP contribution in [0.3, 0.4) is 0 Å². The van der Waals surface area contributed by atoms with Crippen molar-refractivity contribution in [3.63, 3.8) is 0 Å². The Morgan fingerprint density at radius 3 is 2.20 bits per heavy atom. The fraction of sp³-hybridized carbons (Fsp3) is 0.320. The van der Waals surface area contributed by atoms with Crippen LogP contribution in [0.15, 0.2) is 60.7 Å². The molecule has 1 unspecified atom stereocenters. The smallest absolute Gasteiger partial charge is 0.316 e. The molecule has 0 saturated carbocycles. The molecule has 2 aromatic carbocycles. The molecule has 3 aromatic rings. The monoisotopic (exact) mass is 403 g/mol. The number of aryl methyl sites for hydroxylation is 2. The Morgan fingerprint density at radius 2 is 1.57 bits per heavy atom. The van der Waals surface area contributed by atoms with Crippen molar-refractivity contribution in [2.24, 2.45) is 5.92 Å². The normalized spacial score (nSPS) is 11.9. The van der Waals surface area contributed by atoms with Crippen molar-refractivity contribution >= 4 is 5.91 Å². The van der Waals surface area contributed by atoms with E-state index in [9.17, 15) is 4.79 Å². The van der Waals surface area contributed by atoms with Crippen LogP contribution in [-0.2, 0) is 0 Å². The maximum Gasteiger partial charge on any atom is 0.316 e. The van der Waals surface area contributed by atoms with E-state index in [-0.39, 0.29) is 17.9 Å². The Bertz CT molecular complexity index is 982. The standard InChI is InChI=1S/C25H29N3O2/c1-17(2)23(16-30-25-26-18(3)15-19(4)27-25)28(5)24(29)22-14-10-9-13-21(22)20-11-7-6-8-12-20/h6-15,17,23H,16H2,1-5H3. The molecule has 0 aliphatic rings. The van der Waals surface area contributed by atoms with Crippen LogP contribution in [0.2, 0.25) is 0 Å². The number of nitrogens with zero attached hydrogens (tertiary/aromatic N) is 3. The van der Waals surface area contributed by atoms with Gasteiger partial charge in [-0.3, -0.25) is 4.79 Å². The number of rotatable bonds is 7. The number of amides is 1. The summed E-state index contributed by atoms with van der Waals surface area (Å²) in [4.78, 5) is 23.9. The molecule has 0 aliphatic carbocycles. The lowest BCUT2D eigenvalue weighted by Crippen LogP contribution is -2.44. The molecule has 0 radical (unpaired) electrons. The SMILES string of the molecule is Cc1cc(C)nc(OCC(C(C)C)N(C)C(=O)c2ccccc2-c2ccccc2)n1. The molecule has 0 spiro atoms. The summed E-state index contributed by atoms with van der Waals surface area (Å²) in [7, 11) is 1.83. The fourth-order valence-electron chi connectivity index (χ4n) is 3.55. The van der Waals surface area contributed by atoms with Crippen LogP contribution in [0, 0.1) is 19.8 Å². The first kappa shape index (κ1) is 21.5. The van der Waals surface area contributed by atoms with Gasteiger partial charge in [-0.1, -0.05) is 62.4 Å². The molecule has 0 N–H and O–H groups in total. The van der Waals surface area contributed by atoms with E-state index in [1.54, 1.807) is 4.90 Å². The van der Waals surface area contributed by atoms with Gasteiger partial charge in [-0.05, 0) is 43.0 Å². The van der Waals surface area contributed by atoms with Crippen LogP contribution in [0.25, 0.3) is 11.1 Å². The molecule has 0 fully saturated rings. The van der Waals surface area contributed by atoms with Crippen molar-refractivity contribution in [1.82, 2.24) is 14.9 Å². The molecule has 156 valence electrons. The highest BCUT2D eigenvalue weighted by atomic mass is 16.5. The molecule has 0 aliphatic heterocycles. The Morgan fingerprint density at radius 1 is 0.967 bits per heavy atom. The van der Waals surface area contributed by atoms with Crippen LogP contribution < -0.4 is 4.74 Å². The van der Waals surface area contributed by atoms with Gasteiger partial charge in [0, 0.05) is 24.0 Å². The van der Waals surface area contributed by atoms with Gasteiger partial charge < -0.3 is 9.64 Å². The molecule has 1 aromatic heterocycles. The number of carbonyl (C=O) groups is 1. The maximum atomic E-state index is 13.4.